The minimum Gasteiger partial charge on any atom is -0.382 e. The normalized spacial score (nSPS) is 17.2. The topological polar surface area (TPSA) is 43.0 Å². The quantitative estimate of drug-likeness (QED) is 0.563. The predicted molar refractivity (Wildman–Crippen MR) is 76.7 cm³/mol. The minimum atomic E-state index is 0.649. The molecule has 0 spiro atoms. The van der Waals surface area contributed by atoms with E-state index in [1.54, 1.807) is 7.11 Å². The van der Waals surface area contributed by atoms with Crippen molar-refractivity contribution in [2.45, 2.75) is 25.8 Å². The molecule has 0 aliphatic carbocycles. The van der Waals surface area contributed by atoms with Crippen LogP contribution < -0.4 is 5.32 Å². The first kappa shape index (κ1) is 16.9. The lowest BCUT2D eigenvalue weighted by atomic mass is 10.1. The van der Waals surface area contributed by atoms with Crippen molar-refractivity contribution in [3.8, 4) is 0 Å². The Balaban J connectivity index is 1.96. The summed E-state index contributed by atoms with van der Waals surface area (Å²) in [6.07, 6.45) is 2.52. The second-order valence-electron chi connectivity index (χ2n) is 4.83. The summed E-state index contributed by atoms with van der Waals surface area (Å²) in [4.78, 5) is 2.53. The molecule has 0 bridgehead atoms. The van der Waals surface area contributed by atoms with Crippen LogP contribution in [0.3, 0.4) is 0 Å². The van der Waals surface area contributed by atoms with Gasteiger partial charge in [-0.2, -0.15) is 0 Å². The van der Waals surface area contributed by atoms with Gasteiger partial charge in [-0.3, -0.25) is 4.90 Å². The number of methoxy groups -OCH3 is 1. The Hall–Kier alpha value is -0.200. The second-order valence-corrected chi connectivity index (χ2v) is 4.83. The third-order valence-corrected chi connectivity index (χ3v) is 3.56. The van der Waals surface area contributed by atoms with Gasteiger partial charge in [0.25, 0.3) is 0 Å². The van der Waals surface area contributed by atoms with E-state index in [1.165, 1.54) is 12.8 Å². The van der Waals surface area contributed by atoms with Gasteiger partial charge in [0.1, 0.15) is 0 Å². The molecule has 0 saturated carbocycles. The molecule has 1 N–H and O–H groups in total. The highest BCUT2D eigenvalue weighted by molar-refractivity contribution is 4.76. The first-order valence-electron chi connectivity index (χ1n) is 7.47. The molecule has 1 saturated heterocycles. The minimum absolute atomic E-state index is 0.649. The van der Waals surface area contributed by atoms with Crippen molar-refractivity contribution in [3.05, 3.63) is 0 Å². The lowest BCUT2D eigenvalue weighted by molar-refractivity contribution is 0.0157. The van der Waals surface area contributed by atoms with Crippen molar-refractivity contribution >= 4 is 0 Å². The van der Waals surface area contributed by atoms with Crippen LogP contribution in [0.1, 0.15) is 19.8 Å². The maximum absolute atomic E-state index is 5.61. The van der Waals surface area contributed by atoms with Gasteiger partial charge in [-0.05, 0) is 32.5 Å². The van der Waals surface area contributed by atoms with Crippen molar-refractivity contribution in [2.75, 3.05) is 66.3 Å². The summed E-state index contributed by atoms with van der Waals surface area (Å²) >= 11 is 0. The van der Waals surface area contributed by atoms with E-state index in [2.05, 4.69) is 17.1 Å². The average molecular weight is 274 g/mol. The molecule has 0 aromatic rings. The summed E-state index contributed by atoms with van der Waals surface area (Å²) in [6, 6.07) is 0.729. The van der Waals surface area contributed by atoms with Crippen LogP contribution in [0.25, 0.3) is 0 Å². The first-order chi connectivity index (χ1) is 9.38. The SMILES string of the molecule is CCN(CCOCCOCCOC)C1CCNCC1. The fraction of sp³-hybridized carbons (Fsp3) is 1.00. The Morgan fingerprint density at radius 3 is 2.26 bits per heavy atom. The van der Waals surface area contributed by atoms with E-state index in [-0.39, 0.29) is 0 Å². The molecule has 0 aromatic heterocycles. The number of nitrogens with one attached hydrogen (secondary N) is 1. The van der Waals surface area contributed by atoms with Crippen LogP contribution in [0.15, 0.2) is 0 Å². The summed E-state index contributed by atoms with van der Waals surface area (Å²) in [5, 5.41) is 3.41. The monoisotopic (exact) mass is 274 g/mol. The van der Waals surface area contributed by atoms with Crippen LogP contribution in [-0.4, -0.2) is 77.3 Å². The van der Waals surface area contributed by atoms with Crippen LogP contribution >= 0.6 is 0 Å². The Bertz CT molecular complexity index is 199. The largest absolute Gasteiger partial charge is 0.382 e. The average Bonchev–Trinajstić information content (AvgIpc) is 2.47. The fourth-order valence-corrected chi connectivity index (χ4v) is 2.42. The van der Waals surface area contributed by atoms with E-state index < -0.39 is 0 Å². The summed E-state index contributed by atoms with van der Waals surface area (Å²) in [7, 11) is 1.68. The van der Waals surface area contributed by atoms with Crippen molar-refractivity contribution in [2.24, 2.45) is 0 Å². The van der Waals surface area contributed by atoms with E-state index in [4.69, 9.17) is 14.2 Å². The Kier molecular flexibility index (Phi) is 10.3. The van der Waals surface area contributed by atoms with Gasteiger partial charge >= 0.3 is 0 Å². The zero-order valence-corrected chi connectivity index (χ0v) is 12.5. The third-order valence-electron chi connectivity index (χ3n) is 3.56. The molecule has 114 valence electrons. The molecule has 0 atom stereocenters. The molecule has 1 aliphatic rings. The van der Waals surface area contributed by atoms with Gasteiger partial charge in [0, 0.05) is 19.7 Å². The molecule has 1 fully saturated rings. The molecule has 0 aromatic carbocycles. The Morgan fingerprint density at radius 2 is 1.63 bits per heavy atom. The van der Waals surface area contributed by atoms with Crippen molar-refractivity contribution < 1.29 is 14.2 Å². The Morgan fingerprint density at radius 1 is 1.00 bits per heavy atom. The lowest BCUT2D eigenvalue weighted by Crippen LogP contribution is -2.44. The summed E-state index contributed by atoms with van der Waals surface area (Å²) in [5.74, 6) is 0. The number of hydrogen-bond acceptors (Lipinski definition) is 5. The van der Waals surface area contributed by atoms with Crippen LogP contribution in [0, 0.1) is 0 Å². The molecule has 1 aliphatic heterocycles. The molecule has 5 nitrogen and oxygen atoms in total. The number of hydrogen-bond donors (Lipinski definition) is 1. The van der Waals surface area contributed by atoms with Gasteiger partial charge in [-0.1, -0.05) is 6.92 Å². The molecular weight excluding hydrogens is 244 g/mol. The van der Waals surface area contributed by atoms with Gasteiger partial charge in [0.05, 0.1) is 33.0 Å². The summed E-state index contributed by atoms with van der Waals surface area (Å²) in [5.41, 5.74) is 0. The zero-order chi connectivity index (χ0) is 13.8. The maximum atomic E-state index is 5.61. The molecule has 0 unspecified atom stereocenters. The van der Waals surface area contributed by atoms with Crippen LogP contribution in [0.5, 0.6) is 0 Å². The van der Waals surface area contributed by atoms with E-state index >= 15 is 0 Å². The van der Waals surface area contributed by atoms with Crippen molar-refractivity contribution in [1.29, 1.82) is 0 Å². The third kappa shape index (κ3) is 7.84. The lowest BCUT2D eigenvalue weighted by Gasteiger charge is -2.33. The molecule has 1 heterocycles. The van der Waals surface area contributed by atoms with Gasteiger partial charge in [-0.15, -0.1) is 0 Å². The van der Waals surface area contributed by atoms with E-state index in [1.807, 2.05) is 0 Å². The molecule has 1 rings (SSSR count). The van der Waals surface area contributed by atoms with E-state index in [0.29, 0.717) is 26.4 Å². The van der Waals surface area contributed by atoms with Gasteiger partial charge in [0.2, 0.25) is 0 Å². The standard InChI is InChI=1S/C14H30N2O3/c1-3-16(14-4-6-15-7-5-14)8-9-18-12-13-19-11-10-17-2/h14-15H,3-13H2,1-2H3. The highest BCUT2D eigenvalue weighted by atomic mass is 16.5. The van der Waals surface area contributed by atoms with Crippen LogP contribution in [-0.2, 0) is 14.2 Å². The van der Waals surface area contributed by atoms with E-state index in [9.17, 15) is 0 Å². The molecule has 0 amide bonds. The molecular formula is C14H30N2O3. The Labute approximate surface area is 117 Å². The zero-order valence-electron chi connectivity index (χ0n) is 12.5. The first-order valence-corrected chi connectivity index (χ1v) is 7.47. The van der Waals surface area contributed by atoms with Crippen molar-refractivity contribution in [1.82, 2.24) is 10.2 Å². The molecule has 19 heavy (non-hydrogen) atoms. The summed E-state index contributed by atoms with van der Waals surface area (Å²) < 4.78 is 15.9. The highest BCUT2D eigenvalue weighted by Gasteiger charge is 2.18. The number of likely N-dealkylation sites (N-methyl/N-ethyl adjacent to an activating group) is 1. The predicted octanol–water partition coefficient (Wildman–Crippen LogP) is 0.740. The summed E-state index contributed by atoms with van der Waals surface area (Å²) in [6.45, 7) is 10.1. The van der Waals surface area contributed by atoms with Crippen molar-refractivity contribution in [3.63, 3.8) is 0 Å². The molecule has 5 heteroatoms. The van der Waals surface area contributed by atoms with E-state index in [0.717, 1.165) is 38.8 Å². The fourth-order valence-electron chi connectivity index (χ4n) is 2.42. The molecule has 0 radical (unpaired) electrons. The number of rotatable bonds is 11. The maximum Gasteiger partial charge on any atom is 0.0701 e. The number of piperidine rings is 1. The van der Waals surface area contributed by atoms with Gasteiger partial charge < -0.3 is 19.5 Å². The van der Waals surface area contributed by atoms with Crippen LogP contribution in [0.2, 0.25) is 0 Å². The highest BCUT2D eigenvalue weighted by Crippen LogP contribution is 2.10. The number of nitrogens with zero attached hydrogens (tertiary/aromatic N) is 1. The van der Waals surface area contributed by atoms with Gasteiger partial charge in [0.15, 0.2) is 0 Å². The number of ether oxygens (including phenoxy) is 3. The second kappa shape index (κ2) is 11.6. The smallest absolute Gasteiger partial charge is 0.0701 e. The van der Waals surface area contributed by atoms with Crippen LogP contribution in [0.4, 0.5) is 0 Å². The van der Waals surface area contributed by atoms with Gasteiger partial charge in [-0.25, -0.2) is 0 Å².